The third kappa shape index (κ3) is 4.87. The molecule has 0 amide bonds. The molecule has 2 nitrogen and oxygen atoms in total. The first-order valence-electron chi connectivity index (χ1n) is 7.44. The van der Waals surface area contributed by atoms with E-state index in [2.05, 4.69) is 57.3 Å². The third-order valence-corrected chi connectivity index (χ3v) is 4.02. The van der Waals surface area contributed by atoms with E-state index in [9.17, 15) is 0 Å². The van der Waals surface area contributed by atoms with Crippen molar-refractivity contribution in [2.75, 3.05) is 13.7 Å². The number of benzene rings is 1. The largest absolute Gasteiger partial charge is 0.492 e. The van der Waals surface area contributed by atoms with Crippen LogP contribution in [-0.2, 0) is 5.41 Å². The Morgan fingerprint density at radius 2 is 1.79 bits per heavy atom. The maximum Gasteiger partial charge on any atom is 0.119 e. The summed E-state index contributed by atoms with van der Waals surface area (Å²) < 4.78 is 5.85. The van der Waals surface area contributed by atoms with Gasteiger partial charge in [0.2, 0.25) is 0 Å². The Labute approximate surface area is 118 Å². The molecule has 0 radical (unpaired) electrons. The fraction of sp³-hybridized carbons (Fsp3) is 0.647. The van der Waals surface area contributed by atoms with E-state index >= 15 is 0 Å². The minimum atomic E-state index is 0.244. The number of rotatable bonds is 8. The lowest BCUT2D eigenvalue weighted by molar-refractivity contribution is 0.262. The quantitative estimate of drug-likeness (QED) is 0.761. The van der Waals surface area contributed by atoms with Crippen LogP contribution in [0, 0.1) is 0 Å². The van der Waals surface area contributed by atoms with Gasteiger partial charge in [0.1, 0.15) is 12.4 Å². The van der Waals surface area contributed by atoms with Crippen LogP contribution in [-0.4, -0.2) is 19.7 Å². The molecule has 1 atom stereocenters. The van der Waals surface area contributed by atoms with Crippen molar-refractivity contribution >= 4 is 0 Å². The highest BCUT2D eigenvalue weighted by molar-refractivity contribution is 5.31. The standard InChI is InChI=1S/C17H29NO/c1-6-8-15(18-5)13-19-16-11-9-14(10-12-16)17(3,4)7-2/h9-12,15,18H,6-8,13H2,1-5H3. The van der Waals surface area contributed by atoms with Crippen molar-refractivity contribution in [2.45, 2.75) is 58.4 Å². The Hall–Kier alpha value is -1.02. The molecule has 0 aliphatic rings. The molecule has 1 aromatic carbocycles. The molecule has 1 rings (SSSR count). The van der Waals surface area contributed by atoms with E-state index < -0.39 is 0 Å². The predicted octanol–water partition coefficient (Wildman–Crippen LogP) is 4.14. The van der Waals surface area contributed by atoms with Crippen LogP contribution in [0.5, 0.6) is 5.75 Å². The van der Waals surface area contributed by atoms with Crippen LogP contribution < -0.4 is 10.1 Å². The molecule has 0 aliphatic carbocycles. The summed E-state index contributed by atoms with van der Waals surface area (Å²) in [5.41, 5.74) is 1.62. The molecule has 0 bridgehead atoms. The van der Waals surface area contributed by atoms with Crippen LogP contribution in [0.4, 0.5) is 0 Å². The van der Waals surface area contributed by atoms with Crippen molar-refractivity contribution < 1.29 is 4.74 Å². The number of ether oxygens (including phenoxy) is 1. The molecule has 0 saturated carbocycles. The van der Waals surface area contributed by atoms with Crippen LogP contribution in [0.3, 0.4) is 0 Å². The highest BCUT2D eigenvalue weighted by Crippen LogP contribution is 2.28. The lowest BCUT2D eigenvalue weighted by Gasteiger charge is -2.23. The van der Waals surface area contributed by atoms with Gasteiger partial charge >= 0.3 is 0 Å². The Morgan fingerprint density at radius 3 is 2.26 bits per heavy atom. The molecular formula is C17H29NO. The zero-order valence-corrected chi connectivity index (χ0v) is 13.1. The molecule has 0 fully saturated rings. The number of nitrogens with one attached hydrogen (secondary N) is 1. The summed E-state index contributed by atoms with van der Waals surface area (Å²) in [6.07, 6.45) is 3.47. The van der Waals surface area contributed by atoms with Crippen molar-refractivity contribution in [1.82, 2.24) is 5.32 Å². The predicted molar refractivity (Wildman–Crippen MR) is 83.0 cm³/mol. The molecule has 108 valence electrons. The fourth-order valence-corrected chi connectivity index (χ4v) is 2.06. The summed E-state index contributed by atoms with van der Waals surface area (Å²) in [5.74, 6) is 0.965. The van der Waals surface area contributed by atoms with Crippen LogP contribution in [0.1, 0.15) is 52.5 Å². The Balaban J connectivity index is 2.57. The summed E-state index contributed by atoms with van der Waals surface area (Å²) >= 11 is 0. The highest BCUT2D eigenvalue weighted by atomic mass is 16.5. The number of likely N-dealkylation sites (N-methyl/N-ethyl adjacent to an activating group) is 1. The van der Waals surface area contributed by atoms with Crippen LogP contribution >= 0.6 is 0 Å². The summed E-state index contributed by atoms with van der Waals surface area (Å²) in [7, 11) is 2.00. The Morgan fingerprint density at radius 1 is 1.16 bits per heavy atom. The van der Waals surface area contributed by atoms with E-state index in [-0.39, 0.29) is 5.41 Å². The molecule has 0 heterocycles. The van der Waals surface area contributed by atoms with Gasteiger partial charge in [0, 0.05) is 6.04 Å². The van der Waals surface area contributed by atoms with Crippen LogP contribution in [0.15, 0.2) is 24.3 Å². The number of hydrogen-bond donors (Lipinski definition) is 1. The van der Waals surface area contributed by atoms with Crippen molar-refractivity contribution in [3.05, 3.63) is 29.8 Å². The minimum Gasteiger partial charge on any atom is -0.492 e. The summed E-state index contributed by atoms with van der Waals surface area (Å²) in [6.45, 7) is 9.72. The Kier molecular flexibility index (Phi) is 6.36. The van der Waals surface area contributed by atoms with Gasteiger partial charge < -0.3 is 10.1 Å². The van der Waals surface area contributed by atoms with Gasteiger partial charge in [0.15, 0.2) is 0 Å². The molecule has 1 aromatic rings. The van der Waals surface area contributed by atoms with Crippen molar-refractivity contribution in [3.63, 3.8) is 0 Å². The molecule has 2 heteroatoms. The van der Waals surface area contributed by atoms with Crippen LogP contribution in [0.2, 0.25) is 0 Å². The van der Waals surface area contributed by atoms with Gasteiger partial charge in [-0.1, -0.05) is 46.2 Å². The van der Waals surface area contributed by atoms with E-state index in [1.165, 1.54) is 12.0 Å². The summed E-state index contributed by atoms with van der Waals surface area (Å²) in [4.78, 5) is 0. The Bertz CT molecular complexity index is 356. The first kappa shape index (κ1) is 16.0. The molecule has 0 aromatic heterocycles. The lowest BCUT2D eigenvalue weighted by atomic mass is 9.82. The average Bonchev–Trinajstić information content (AvgIpc) is 2.44. The van der Waals surface area contributed by atoms with Gasteiger partial charge in [-0.25, -0.2) is 0 Å². The van der Waals surface area contributed by atoms with Crippen LogP contribution in [0.25, 0.3) is 0 Å². The molecule has 0 spiro atoms. The van der Waals surface area contributed by atoms with Crippen molar-refractivity contribution in [3.8, 4) is 5.75 Å². The van der Waals surface area contributed by atoms with Crippen molar-refractivity contribution in [2.24, 2.45) is 0 Å². The second kappa shape index (κ2) is 7.54. The normalized spacial score (nSPS) is 13.3. The first-order valence-corrected chi connectivity index (χ1v) is 7.44. The fourth-order valence-electron chi connectivity index (χ4n) is 2.06. The maximum absolute atomic E-state index is 5.85. The molecule has 0 aliphatic heterocycles. The number of hydrogen-bond acceptors (Lipinski definition) is 2. The van der Waals surface area contributed by atoms with E-state index in [0.29, 0.717) is 6.04 Å². The highest BCUT2D eigenvalue weighted by Gasteiger charge is 2.17. The SMILES string of the molecule is CCCC(COc1ccc(C(C)(C)CC)cc1)NC. The van der Waals surface area contributed by atoms with E-state index in [1.54, 1.807) is 0 Å². The second-order valence-corrected chi connectivity index (χ2v) is 5.85. The zero-order chi connectivity index (χ0) is 14.3. The first-order chi connectivity index (χ1) is 9.03. The van der Waals surface area contributed by atoms with Gasteiger partial charge in [-0.2, -0.15) is 0 Å². The lowest BCUT2D eigenvalue weighted by Crippen LogP contribution is -2.31. The molecule has 1 N–H and O–H groups in total. The summed E-state index contributed by atoms with van der Waals surface area (Å²) in [5, 5.41) is 3.29. The van der Waals surface area contributed by atoms with Crippen molar-refractivity contribution in [1.29, 1.82) is 0 Å². The van der Waals surface area contributed by atoms with E-state index in [1.807, 2.05) is 7.05 Å². The smallest absolute Gasteiger partial charge is 0.119 e. The maximum atomic E-state index is 5.85. The molecular weight excluding hydrogens is 234 g/mol. The molecule has 0 saturated heterocycles. The topological polar surface area (TPSA) is 21.3 Å². The van der Waals surface area contributed by atoms with Gasteiger partial charge in [-0.3, -0.25) is 0 Å². The van der Waals surface area contributed by atoms with Gasteiger partial charge in [-0.05, 0) is 43.0 Å². The monoisotopic (exact) mass is 263 g/mol. The second-order valence-electron chi connectivity index (χ2n) is 5.85. The average molecular weight is 263 g/mol. The minimum absolute atomic E-state index is 0.244. The third-order valence-electron chi connectivity index (χ3n) is 4.02. The van der Waals surface area contributed by atoms with Gasteiger partial charge in [0.25, 0.3) is 0 Å². The molecule has 1 unspecified atom stereocenters. The molecule has 19 heavy (non-hydrogen) atoms. The summed E-state index contributed by atoms with van der Waals surface area (Å²) in [6, 6.07) is 8.99. The van der Waals surface area contributed by atoms with Gasteiger partial charge in [-0.15, -0.1) is 0 Å². The van der Waals surface area contributed by atoms with Gasteiger partial charge in [0.05, 0.1) is 0 Å². The van der Waals surface area contributed by atoms with E-state index in [4.69, 9.17) is 4.74 Å². The zero-order valence-electron chi connectivity index (χ0n) is 13.1. The van der Waals surface area contributed by atoms with E-state index in [0.717, 1.165) is 25.2 Å².